The lowest BCUT2D eigenvalue weighted by Crippen LogP contribution is -2.33. The highest BCUT2D eigenvalue weighted by Crippen LogP contribution is 2.04. The molecular formula is C21H38O9. The average molecular weight is 435 g/mol. The predicted octanol–water partition coefficient (Wildman–Crippen LogP) is 2.43. The van der Waals surface area contributed by atoms with E-state index >= 15 is 0 Å². The van der Waals surface area contributed by atoms with Crippen LogP contribution in [0.4, 0.5) is 0 Å². The summed E-state index contributed by atoms with van der Waals surface area (Å²) in [5.74, 6) is -0.873. The molecule has 0 rings (SSSR count). The van der Waals surface area contributed by atoms with Gasteiger partial charge in [0.2, 0.25) is 0 Å². The van der Waals surface area contributed by atoms with Crippen molar-refractivity contribution in [3.8, 4) is 0 Å². The zero-order valence-corrected chi connectivity index (χ0v) is 19.1. The molecule has 0 aliphatic carbocycles. The third-order valence-corrected chi connectivity index (χ3v) is 3.74. The molecule has 0 aliphatic heterocycles. The summed E-state index contributed by atoms with van der Waals surface area (Å²) in [5, 5.41) is 0. The fraction of sp³-hybridized carbons (Fsp3) is 0.857. The van der Waals surface area contributed by atoms with E-state index in [-0.39, 0.29) is 63.2 Å². The second-order valence-electron chi connectivity index (χ2n) is 6.99. The van der Waals surface area contributed by atoms with E-state index < -0.39 is 12.2 Å². The molecule has 3 unspecified atom stereocenters. The van der Waals surface area contributed by atoms with Gasteiger partial charge < -0.3 is 28.4 Å². The molecule has 0 aromatic carbocycles. The Morgan fingerprint density at radius 3 is 1.23 bits per heavy atom. The minimum absolute atomic E-state index is 0.184. The van der Waals surface area contributed by atoms with E-state index in [0.717, 1.165) is 0 Å². The number of hydrogen-bond donors (Lipinski definition) is 0. The second-order valence-corrected chi connectivity index (χ2v) is 6.99. The lowest BCUT2D eigenvalue weighted by Gasteiger charge is -2.22. The van der Waals surface area contributed by atoms with Gasteiger partial charge in [-0.15, -0.1) is 0 Å². The maximum Gasteiger partial charge on any atom is 0.305 e. The summed E-state index contributed by atoms with van der Waals surface area (Å²) in [7, 11) is 0. The maximum absolute atomic E-state index is 11.4. The van der Waals surface area contributed by atoms with Crippen LogP contribution in [0, 0.1) is 0 Å². The summed E-state index contributed by atoms with van der Waals surface area (Å²) in [6.45, 7) is 11.4. The summed E-state index contributed by atoms with van der Waals surface area (Å²) >= 11 is 0. The molecule has 3 atom stereocenters. The van der Waals surface area contributed by atoms with Crippen LogP contribution in [0.2, 0.25) is 0 Å². The minimum atomic E-state index is -0.434. The SMILES string of the molecule is CCC(=O)OC(C)COCC(COCC(C)OC(=O)CC)OCC(C)OC(=O)CC. The first kappa shape index (κ1) is 28.3. The third kappa shape index (κ3) is 15.2. The second kappa shape index (κ2) is 17.0. The summed E-state index contributed by atoms with van der Waals surface area (Å²) in [6, 6.07) is 0. The number of esters is 3. The molecular weight excluding hydrogens is 396 g/mol. The fourth-order valence-electron chi connectivity index (χ4n) is 2.17. The normalized spacial score (nSPS) is 15.0. The fourth-order valence-corrected chi connectivity index (χ4v) is 2.17. The first-order valence-corrected chi connectivity index (χ1v) is 10.6. The van der Waals surface area contributed by atoms with Crippen LogP contribution in [0.5, 0.6) is 0 Å². The van der Waals surface area contributed by atoms with Crippen LogP contribution in [0.25, 0.3) is 0 Å². The number of hydrogen-bond acceptors (Lipinski definition) is 9. The molecule has 0 aliphatic rings. The Morgan fingerprint density at radius 2 is 0.900 bits per heavy atom. The molecule has 9 heteroatoms. The van der Waals surface area contributed by atoms with Gasteiger partial charge in [0.15, 0.2) is 0 Å². The van der Waals surface area contributed by atoms with Crippen LogP contribution in [-0.2, 0) is 42.8 Å². The van der Waals surface area contributed by atoms with Gasteiger partial charge in [-0.2, -0.15) is 0 Å². The Hall–Kier alpha value is -1.71. The standard InChI is InChI=1S/C21H38O9/c1-7-19(22)28-15(4)10-25-13-18(27-12-17(6)30-21(24)9-3)14-26-11-16(5)29-20(23)8-2/h15-18H,7-14H2,1-6H3. The van der Waals surface area contributed by atoms with Gasteiger partial charge in [-0.3, -0.25) is 14.4 Å². The highest BCUT2D eigenvalue weighted by atomic mass is 16.6. The highest BCUT2D eigenvalue weighted by Gasteiger charge is 2.17. The van der Waals surface area contributed by atoms with E-state index in [1.165, 1.54) is 0 Å². The largest absolute Gasteiger partial charge is 0.460 e. The van der Waals surface area contributed by atoms with Gasteiger partial charge in [-0.25, -0.2) is 0 Å². The molecule has 0 radical (unpaired) electrons. The molecule has 0 N–H and O–H groups in total. The van der Waals surface area contributed by atoms with E-state index in [9.17, 15) is 14.4 Å². The van der Waals surface area contributed by atoms with Crippen molar-refractivity contribution in [3.63, 3.8) is 0 Å². The summed E-state index contributed by atoms with van der Waals surface area (Å²) in [4.78, 5) is 34.0. The van der Waals surface area contributed by atoms with Crippen LogP contribution < -0.4 is 0 Å². The Balaban J connectivity index is 4.47. The highest BCUT2D eigenvalue weighted by molar-refractivity contribution is 5.69. The van der Waals surface area contributed by atoms with Gasteiger partial charge in [-0.1, -0.05) is 20.8 Å². The van der Waals surface area contributed by atoms with Crippen molar-refractivity contribution in [3.05, 3.63) is 0 Å². The van der Waals surface area contributed by atoms with Crippen molar-refractivity contribution in [2.75, 3.05) is 33.0 Å². The monoisotopic (exact) mass is 434 g/mol. The van der Waals surface area contributed by atoms with E-state index in [2.05, 4.69) is 0 Å². The van der Waals surface area contributed by atoms with Crippen LogP contribution >= 0.6 is 0 Å². The molecule has 0 amide bonds. The smallest absolute Gasteiger partial charge is 0.305 e. The number of rotatable bonds is 17. The minimum Gasteiger partial charge on any atom is -0.460 e. The van der Waals surface area contributed by atoms with E-state index in [4.69, 9.17) is 28.4 Å². The van der Waals surface area contributed by atoms with Crippen LogP contribution in [-0.4, -0.2) is 75.4 Å². The average Bonchev–Trinajstić information content (AvgIpc) is 2.70. The van der Waals surface area contributed by atoms with Crippen LogP contribution in [0.1, 0.15) is 60.8 Å². The summed E-state index contributed by atoms with van der Waals surface area (Å²) in [6.07, 6.45) is -0.695. The van der Waals surface area contributed by atoms with Crippen molar-refractivity contribution in [1.82, 2.24) is 0 Å². The Bertz CT molecular complexity index is 465. The number of ether oxygens (including phenoxy) is 6. The maximum atomic E-state index is 11.4. The van der Waals surface area contributed by atoms with Crippen LogP contribution in [0.15, 0.2) is 0 Å². The molecule has 0 heterocycles. The zero-order chi connectivity index (χ0) is 22.9. The molecule has 30 heavy (non-hydrogen) atoms. The topological polar surface area (TPSA) is 107 Å². The number of carbonyl (C=O) groups is 3. The molecule has 0 fully saturated rings. The van der Waals surface area contributed by atoms with Gasteiger partial charge >= 0.3 is 17.9 Å². The van der Waals surface area contributed by atoms with Gasteiger partial charge in [0.1, 0.15) is 24.4 Å². The first-order chi connectivity index (χ1) is 14.2. The molecule has 176 valence electrons. The van der Waals surface area contributed by atoms with E-state index in [1.54, 1.807) is 41.5 Å². The molecule has 9 nitrogen and oxygen atoms in total. The lowest BCUT2D eigenvalue weighted by atomic mass is 10.3. The molecule has 0 saturated heterocycles. The van der Waals surface area contributed by atoms with Gasteiger partial charge in [0.25, 0.3) is 0 Å². The molecule has 0 aromatic heterocycles. The lowest BCUT2D eigenvalue weighted by molar-refractivity contribution is -0.158. The van der Waals surface area contributed by atoms with Gasteiger partial charge in [-0.05, 0) is 20.8 Å². The summed E-state index contributed by atoms with van der Waals surface area (Å²) < 4.78 is 32.5. The zero-order valence-electron chi connectivity index (χ0n) is 19.1. The first-order valence-electron chi connectivity index (χ1n) is 10.6. The van der Waals surface area contributed by atoms with Gasteiger partial charge in [0, 0.05) is 19.3 Å². The van der Waals surface area contributed by atoms with Crippen molar-refractivity contribution in [2.45, 2.75) is 85.2 Å². The molecule has 0 saturated carbocycles. The Labute approximate surface area is 179 Å². The molecule has 0 aromatic rings. The van der Waals surface area contributed by atoms with Crippen molar-refractivity contribution in [1.29, 1.82) is 0 Å². The van der Waals surface area contributed by atoms with Crippen LogP contribution in [0.3, 0.4) is 0 Å². The van der Waals surface area contributed by atoms with Crippen molar-refractivity contribution in [2.24, 2.45) is 0 Å². The van der Waals surface area contributed by atoms with Crippen molar-refractivity contribution < 1.29 is 42.8 Å². The summed E-state index contributed by atoms with van der Waals surface area (Å²) in [5.41, 5.74) is 0. The van der Waals surface area contributed by atoms with E-state index in [1.807, 2.05) is 0 Å². The Kier molecular flexibility index (Phi) is 16.0. The number of carbonyl (C=O) groups excluding carboxylic acids is 3. The Morgan fingerprint density at radius 1 is 0.567 bits per heavy atom. The van der Waals surface area contributed by atoms with Crippen molar-refractivity contribution >= 4 is 17.9 Å². The third-order valence-electron chi connectivity index (χ3n) is 3.74. The van der Waals surface area contributed by atoms with Gasteiger partial charge in [0.05, 0.1) is 33.0 Å². The molecule has 0 bridgehead atoms. The predicted molar refractivity (Wildman–Crippen MR) is 109 cm³/mol. The van der Waals surface area contributed by atoms with E-state index in [0.29, 0.717) is 19.3 Å². The quantitative estimate of drug-likeness (QED) is 0.252. The molecule has 0 spiro atoms.